The average molecular weight is 246 g/mol. The van der Waals surface area contributed by atoms with Crippen molar-refractivity contribution in [1.29, 1.82) is 0 Å². The van der Waals surface area contributed by atoms with Crippen LogP contribution in [0.15, 0.2) is 18.2 Å². The predicted octanol–water partition coefficient (Wildman–Crippen LogP) is 2.78. The summed E-state index contributed by atoms with van der Waals surface area (Å²) in [6.07, 6.45) is -0.0531. The molecule has 1 unspecified atom stereocenters. The maximum Gasteiger partial charge on any atom is 0.305 e. The standard InChI is InChI=1S/C11H13ClFNO2/c1-7(5-11(15)16)14(2)10-6-8(12)3-4-9(10)13/h3-4,6-7H,5H2,1-2H3,(H,15,16). The fraction of sp³-hybridized carbons (Fsp3) is 0.364. The maximum atomic E-state index is 13.5. The lowest BCUT2D eigenvalue weighted by atomic mass is 10.2. The number of nitrogens with zero attached hydrogens (tertiary/aromatic N) is 1. The van der Waals surface area contributed by atoms with Gasteiger partial charge < -0.3 is 10.0 Å². The van der Waals surface area contributed by atoms with E-state index in [9.17, 15) is 9.18 Å². The first-order chi connectivity index (χ1) is 7.41. The second kappa shape index (κ2) is 5.16. The molecule has 0 fully saturated rings. The molecule has 0 saturated carbocycles. The number of halogens is 2. The van der Waals surface area contributed by atoms with Crippen LogP contribution in [0.25, 0.3) is 0 Å². The number of carboxylic acid groups (broad SMARTS) is 1. The summed E-state index contributed by atoms with van der Waals surface area (Å²) in [5, 5.41) is 9.08. The predicted molar refractivity (Wildman–Crippen MR) is 61.5 cm³/mol. The maximum absolute atomic E-state index is 13.5. The Morgan fingerprint density at radius 2 is 2.25 bits per heavy atom. The fourth-order valence-electron chi connectivity index (χ4n) is 1.38. The molecule has 0 aliphatic heterocycles. The van der Waals surface area contributed by atoms with Gasteiger partial charge in [0.15, 0.2) is 0 Å². The largest absolute Gasteiger partial charge is 0.481 e. The third kappa shape index (κ3) is 3.10. The van der Waals surface area contributed by atoms with Gasteiger partial charge in [0.25, 0.3) is 0 Å². The molecule has 0 heterocycles. The SMILES string of the molecule is CC(CC(=O)O)N(C)c1cc(Cl)ccc1F. The van der Waals surface area contributed by atoms with Crippen molar-refractivity contribution in [2.45, 2.75) is 19.4 Å². The molecule has 88 valence electrons. The van der Waals surface area contributed by atoms with Crippen molar-refractivity contribution >= 4 is 23.3 Å². The first-order valence-corrected chi connectivity index (χ1v) is 5.19. The van der Waals surface area contributed by atoms with Crippen LogP contribution in [-0.2, 0) is 4.79 Å². The van der Waals surface area contributed by atoms with Gasteiger partial charge in [-0.05, 0) is 25.1 Å². The van der Waals surface area contributed by atoms with Crippen molar-refractivity contribution in [3.8, 4) is 0 Å². The van der Waals surface area contributed by atoms with Gasteiger partial charge in [0.2, 0.25) is 0 Å². The van der Waals surface area contributed by atoms with Crippen LogP contribution in [0.5, 0.6) is 0 Å². The zero-order chi connectivity index (χ0) is 12.3. The number of hydrogen-bond acceptors (Lipinski definition) is 2. The Morgan fingerprint density at radius 3 is 2.81 bits per heavy atom. The van der Waals surface area contributed by atoms with Gasteiger partial charge in [-0.3, -0.25) is 4.79 Å². The quantitative estimate of drug-likeness (QED) is 0.887. The number of carbonyl (C=O) groups is 1. The Balaban J connectivity index is 2.90. The van der Waals surface area contributed by atoms with Gasteiger partial charge >= 0.3 is 5.97 Å². The molecule has 0 aromatic heterocycles. The molecule has 1 N–H and O–H groups in total. The average Bonchev–Trinajstić information content (AvgIpc) is 2.19. The van der Waals surface area contributed by atoms with Gasteiger partial charge in [-0.1, -0.05) is 11.6 Å². The first-order valence-electron chi connectivity index (χ1n) is 4.81. The summed E-state index contributed by atoms with van der Waals surface area (Å²) in [7, 11) is 1.64. The minimum absolute atomic E-state index is 0.0531. The van der Waals surface area contributed by atoms with E-state index in [-0.39, 0.29) is 12.5 Å². The number of aliphatic carboxylic acids is 1. The van der Waals surface area contributed by atoms with E-state index in [1.54, 1.807) is 18.9 Å². The summed E-state index contributed by atoms with van der Waals surface area (Å²) >= 11 is 5.76. The van der Waals surface area contributed by atoms with E-state index in [2.05, 4.69) is 0 Å². The van der Waals surface area contributed by atoms with Gasteiger partial charge in [0, 0.05) is 18.1 Å². The van der Waals surface area contributed by atoms with E-state index in [1.807, 2.05) is 0 Å². The highest BCUT2D eigenvalue weighted by atomic mass is 35.5. The van der Waals surface area contributed by atoms with E-state index in [0.717, 1.165) is 0 Å². The molecule has 0 saturated heterocycles. The van der Waals surface area contributed by atoms with Crippen molar-refractivity contribution in [1.82, 2.24) is 0 Å². The monoisotopic (exact) mass is 245 g/mol. The highest BCUT2D eigenvalue weighted by Crippen LogP contribution is 2.24. The topological polar surface area (TPSA) is 40.5 Å². The van der Waals surface area contributed by atoms with Crippen LogP contribution >= 0.6 is 11.6 Å². The molecule has 1 rings (SSSR count). The van der Waals surface area contributed by atoms with Gasteiger partial charge in [-0.25, -0.2) is 4.39 Å². The molecular formula is C11H13ClFNO2. The van der Waals surface area contributed by atoms with Crippen molar-refractivity contribution in [3.05, 3.63) is 29.0 Å². The summed E-state index contributed by atoms with van der Waals surface area (Å²) in [6, 6.07) is 3.90. The van der Waals surface area contributed by atoms with E-state index >= 15 is 0 Å². The van der Waals surface area contributed by atoms with Crippen LogP contribution in [0.1, 0.15) is 13.3 Å². The van der Waals surface area contributed by atoms with E-state index in [0.29, 0.717) is 10.7 Å². The van der Waals surface area contributed by atoms with Gasteiger partial charge in [0.05, 0.1) is 12.1 Å². The summed E-state index contributed by atoms with van der Waals surface area (Å²) in [5.74, 6) is -1.33. The van der Waals surface area contributed by atoms with Crippen LogP contribution in [0, 0.1) is 5.82 Å². The van der Waals surface area contributed by atoms with Crippen LogP contribution in [0.4, 0.5) is 10.1 Å². The van der Waals surface area contributed by atoms with Crippen molar-refractivity contribution in [2.24, 2.45) is 0 Å². The smallest absolute Gasteiger partial charge is 0.305 e. The van der Waals surface area contributed by atoms with Crippen LogP contribution < -0.4 is 4.90 Å². The Morgan fingerprint density at radius 1 is 1.62 bits per heavy atom. The molecule has 16 heavy (non-hydrogen) atoms. The number of anilines is 1. The third-order valence-corrected chi connectivity index (χ3v) is 2.65. The molecule has 0 aliphatic rings. The highest BCUT2D eigenvalue weighted by Gasteiger charge is 2.16. The lowest BCUT2D eigenvalue weighted by Crippen LogP contribution is -2.31. The number of rotatable bonds is 4. The molecular weight excluding hydrogens is 233 g/mol. The highest BCUT2D eigenvalue weighted by molar-refractivity contribution is 6.30. The van der Waals surface area contributed by atoms with E-state index < -0.39 is 11.8 Å². The minimum Gasteiger partial charge on any atom is -0.481 e. The zero-order valence-corrected chi connectivity index (χ0v) is 9.83. The van der Waals surface area contributed by atoms with E-state index in [4.69, 9.17) is 16.7 Å². The summed E-state index contributed by atoms with van der Waals surface area (Å²) < 4.78 is 13.5. The molecule has 1 aromatic carbocycles. The fourth-order valence-corrected chi connectivity index (χ4v) is 1.55. The van der Waals surface area contributed by atoms with Crippen molar-refractivity contribution in [2.75, 3.05) is 11.9 Å². The lowest BCUT2D eigenvalue weighted by molar-refractivity contribution is -0.137. The molecule has 5 heteroatoms. The molecule has 3 nitrogen and oxygen atoms in total. The normalized spacial score (nSPS) is 12.2. The Hall–Kier alpha value is -1.29. The second-order valence-electron chi connectivity index (χ2n) is 3.65. The van der Waals surface area contributed by atoms with Crippen LogP contribution in [0.2, 0.25) is 5.02 Å². The molecule has 0 bridgehead atoms. The minimum atomic E-state index is -0.915. The Labute approximate surface area is 98.4 Å². The van der Waals surface area contributed by atoms with Crippen molar-refractivity contribution < 1.29 is 14.3 Å². The molecule has 1 atom stereocenters. The summed E-state index contributed by atoms with van der Waals surface area (Å²) in [6.45, 7) is 1.72. The van der Waals surface area contributed by atoms with Crippen molar-refractivity contribution in [3.63, 3.8) is 0 Å². The molecule has 0 radical (unpaired) electrons. The number of carboxylic acids is 1. The zero-order valence-electron chi connectivity index (χ0n) is 9.08. The second-order valence-corrected chi connectivity index (χ2v) is 4.09. The molecule has 0 spiro atoms. The van der Waals surface area contributed by atoms with E-state index in [1.165, 1.54) is 18.2 Å². The van der Waals surface area contributed by atoms with Crippen LogP contribution in [-0.4, -0.2) is 24.2 Å². The number of hydrogen-bond donors (Lipinski definition) is 1. The first kappa shape index (κ1) is 12.8. The third-order valence-electron chi connectivity index (χ3n) is 2.42. The Kier molecular flexibility index (Phi) is 4.12. The summed E-state index contributed by atoms with van der Waals surface area (Å²) in [4.78, 5) is 12.1. The molecule has 0 amide bonds. The summed E-state index contributed by atoms with van der Waals surface area (Å²) in [5.41, 5.74) is 0.307. The molecule has 1 aromatic rings. The van der Waals surface area contributed by atoms with Crippen LogP contribution in [0.3, 0.4) is 0 Å². The van der Waals surface area contributed by atoms with Gasteiger partial charge in [-0.15, -0.1) is 0 Å². The molecule has 0 aliphatic carbocycles. The van der Waals surface area contributed by atoms with Gasteiger partial charge in [0.1, 0.15) is 5.82 Å². The number of benzene rings is 1. The van der Waals surface area contributed by atoms with Gasteiger partial charge in [-0.2, -0.15) is 0 Å². The Bertz CT molecular complexity index is 398. The lowest BCUT2D eigenvalue weighted by Gasteiger charge is -2.26.